The van der Waals surface area contributed by atoms with E-state index in [0.29, 0.717) is 44.4 Å². The van der Waals surface area contributed by atoms with Gasteiger partial charge in [0.05, 0.1) is 5.92 Å². The van der Waals surface area contributed by atoms with Crippen LogP contribution >= 0.6 is 0 Å². The van der Waals surface area contributed by atoms with E-state index in [1.807, 2.05) is 20.8 Å². The minimum absolute atomic E-state index is 0.0515. The molecule has 2 heterocycles. The molecule has 0 aromatic carbocycles. The number of carboxylic acids is 1. The number of likely N-dealkylation sites (tertiary alicyclic amines) is 2. The van der Waals surface area contributed by atoms with Crippen molar-refractivity contribution in [1.82, 2.24) is 9.80 Å². The van der Waals surface area contributed by atoms with Crippen LogP contribution in [-0.2, 0) is 14.3 Å². The third-order valence-electron chi connectivity index (χ3n) is 6.04. The fourth-order valence-corrected chi connectivity index (χ4v) is 4.47. The van der Waals surface area contributed by atoms with Crippen molar-refractivity contribution in [3.05, 3.63) is 0 Å². The molecule has 0 aromatic heterocycles. The zero-order valence-corrected chi connectivity index (χ0v) is 16.6. The van der Waals surface area contributed by atoms with E-state index >= 15 is 0 Å². The second-order valence-corrected chi connectivity index (χ2v) is 9.27. The largest absolute Gasteiger partial charge is 0.481 e. The standard InChI is InChI=1S/C20H32N2O5/c1-20(2,3)27-19(26)21-9-6-13(7-10-21)15-11-16(15)17(23)22-8-4-5-14(12-22)18(24)25/h13-16H,4-12H2,1-3H3,(H,24,25)/t14-,15+,16-/m1/s1. The van der Waals surface area contributed by atoms with Gasteiger partial charge in [0.25, 0.3) is 0 Å². The number of hydrogen-bond donors (Lipinski definition) is 1. The number of piperidine rings is 2. The predicted molar refractivity (Wildman–Crippen MR) is 99.1 cm³/mol. The molecule has 0 radical (unpaired) electrons. The first-order valence-corrected chi connectivity index (χ1v) is 10.1. The molecule has 1 aliphatic carbocycles. The van der Waals surface area contributed by atoms with Crippen LogP contribution in [-0.4, -0.2) is 64.7 Å². The van der Waals surface area contributed by atoms with Crippen molar-refractivity contribution in [2.24, 2.45) is 23.7 Å². The topological polar surface area (TPSA) is 87.2 Å². The lowest BCUT2D eigenvalue weighted by Crippen LogP contribution is -2.44. The van der Waals surface area contributed by atoms with Crippen LogP contribution in [0, 0.1) is 23.7 Å². The number of hydrogen-bond acceptors (Lipinski definition) is 4. The summed E-state index contributed by atoms with van der Waals surface area (Å²) in [5.41, 5.74) is -0.482. The molecule has 0 spiro atoms. The highest BCUT2D eigenvalue weighted by Gasteiger charge is 2.50. The summed E-state index contributed by atoms with van der Waals surface area (Å²) in [4.78, 5) is 39.7. The molecule has 1 N–H and O–H groups in total. The summed E-state index contributed by atoms with van der Waals surface area (Å²) in [5, 5.41) is 9.21. The summed E-state index contributed by atoms with van der Waals surface area (Å²) >= 11 is 0. The van der Waals surface area contributed by atoms with Gasteiger partial charge in [0, 0.05) is 32.1 Å². The normalized spacial score (nSPS) is 29.4. The van der Waals surface area contributed by atoms with E-state index in [9.17, 15) is 19.5 Å². The van der Waals surface area contributed by atoms with Crippen LogP contribution in [0.5, 0.6) is 0 Å². The second-order valence-electron chi connectivity index (χ2n) is 9.27. The summed E-state index contributed by atoms with van der Waals surface area (Å²) in [6, 6.07) is 0. The van der Waals surface area contributed by atoms with Gasteiger partial charge in [0.15, 0.2) is 0 Å². The van der Waals surface area contributed by atoms with E-state index in [0.717, 1.165) is 25.7 Å². The van der Waals surface area contributed by atoms with Crippen LogP contribution in [0.3, 0.4) is 0 Å². The predicted octanol–water partition coefficient (Wildman–Crippen LogP) is 2.59. The van der Waals surface area contributed by atoms with Crippen molar-refractivity contribution in [2.45, 2.75) is 58.5 Å². The molecule has 2 amide bonds. The molecule has 3 atom stereocenters. The summed E-state index contributed by atoms with van der Waals surface area (Å²) in [6.45, 7) is 8.01. The number of nitrogens with zero attached hydrogens (tertiary/aromatic N) is 2. The number of amides is 2. The van der Waals surface area contributed by atoms with Crippen molar-refractivity contribution < 1.29 is 24.2 Å². The lowest BCUT2D eigenvalue weighted by Gasteiger charge is -2.34. The van der Waals surface area contributed by atoms with Gasteiger partial charge in [-0.25, -0.2) is 4.79 Å². The van der Waals surface area contributed by atoms with Crippen LogP contribution in [0.1, 0.15) is 52.9 Å². The van der Waals surface area contributed by atoms with E-state index in [1.54, 1.807) is 9.80 Å². The zero-order valence-electron chi connectivity index (χ0n) is 16.6. The average Bonchev–Trinajstić information content (AvgIpc) is 3.40. The average molecular weight is 380 g/mol. The molecule has 152 valence electrons. The maximum Gasteiger partial charge on any atom is 0.410 e. The number of rotatable bonds is 3. The molecule has 0 unspecified atom stereocenters. The summed E-state index contributed by atoms with van der Waals surface area (Å²) < 4.78 is 5.43. The van der Waals surface area contributed by atoms with Crippen molar-refractivity contribution in [2.75, 3.05) is 26.2 Å². The SMILES string of the molecule is CC(C)(C)OC(=O)N1CCC([C@@H]2C[C@H]2C(=O)N2CCC[C@@H](C(=O)O)C2)CC1. The molecule has 1 saturated carbocycles. The number of ether oxygens (including phenoxy) is 1. The molecule has 2 aliphatic heterocycles. The highest BCUT2D eigenvalue weighted by atomic mass is 16.6. The Balaban J connectivity index is 1.45. The van der Waals surface area contributed by atoms with Gasteiger partial charge in [0.2, 0.25) is 5.91 Å². The van der Waals surface area contributed by atoms with Crippen molar-refractivity contribution >= 4 is 18.0 Å². The molecule has 2 saturated heterocycles. The van der Waals surface area contributed by atoms with Crippen molar-refractivity contribution in [3.63, 3.8) is 0 Å². The van der Waals surface area contributed by atoms with Crippen LogP contribution in [0.25, 0.3) is 0 Å². The third-order valence-corrected chi connectivity index (χ3v) is 6.04. The van der Waals surface area contributed by atoms with Crippen LogP contribution in [0.15, 0.2) is 0 Å². The van der Waals surface area contributed by atoms with E-state index in [1.165, 1.54) is 0 Å². The Morgan fingerprint density at radius 1 is 1.00 bits per heavy atom. The smallest absolute Gasteiger partial charge is 0.410 e. The first-order valence-electron chi connectivity index (χ1n) is 10.1. The van der Waals surface area contributed by atoms with Gasteiger partial charge < -0.3 is 19.6 Å². The van der Waals surface area contributed by atoms with Gasteiger partial charge in [-0.1, -0.05) is 0 Å². The summed E-state index contributed by atoms with van der Waals surface area (Å²) in [6.07, 6.45) is 3.91. The van der Waals surface area contributed by atoms with Crippen LogP contribution < -0.4 is 0 Å². The summed E-state index contributed by atoms with van der Waals surface area (Å²) in [7, 11) is 0. The Morgan fingerprint density at radius 3 is 2.26 bits per heavy atom. The van der Waals surface area contributed by atoms with Crippen LogP contribution in [0.2, 0.25) is 0 Å². The molecular formula is C20H32N2O5. The number of carbonyl (C=O) groups is 3. The molecule has 7 nitrogen and oxygen atoms in total. The van der Waals surface area contributed by atoms with Crippen LogP contribution in [0.4, 0.5) is 4.79 Å². The Morgan fingerprint density at radius 2 is 1.67 bits per heavy atom. The molecule has 3 aliphatic rings. The molecule has 3 fully saturated rings. The van der Waals surface area contributed by atoms with Gasteiger partial charge in [-0.2, -0.15) is 0 Å². The van der Waals surface area contributed by atoms with E-state index < -0.39 is 17.5 Å². The number of carboxylic acid groups (broad SMARTS) is 1. The molecular weight excluding hydrogens is 348 g/mol. The lowest BCUT2D eigenvalue weighted by atomic mass is 9.90. The highest BCUT2D eigenvalue weighted by molar-refractivity contribution is 5.82. The highest BCUT2D eigenvalue weighted by Crippen LogP contribution is 2.49. The van der Waals surface area contributed by atoms with Gasteiger partial charge in [-0.05, 0) is 64.7 Å². The zero-order chi connectivity index (χ0) is 19.8. The monoisotopic (exact) mass is 380 g/mol. The van der Waals surface area contributed by atoms with E-state index in [-0.39, 0.29) is 17.9 Å². The Kier molecular flexibility index (Phi) is 5.68. The minimum atomic E-state index is -0.797. The number of carbonyl (C=O) groups excluding carboxylic acids is 2. The Labute approximate surface area is 161 Å². The third kappa shape index (κ3) is 4.93. The quantitative estimate of drug-likeness (QED) is 0.813. The molecule has 7 heteroatoms. The first kappa shape index (κ1) is 20.0. The van der Waals surface area contributed by atoms with E-state index in [2.05, 4.69) is 0 Å². The maximum absolute atomic E-state index is 12.8. The maximum atomic E-state index is 12.8. The number of aliphatic carboxylic acids is 1. The first-order chi connectivity index (χ1) is 12.7. The van der Waals surface area contributed by atoms with Gasteiger partial charge in [0.1, 0.15) is 5.60 Å². The Hall–Kier alpha value is -1.79. The molecule has 3 rings (SSSR count). The van der Waals surface area contributed by atoms with Gasteiger partial charge in [-0.15, -0.1) is 0 Å². The molecule has 27 heavy (non-hydrogen) atoms. The Bertz CT molecular complexity index is 592. The van der Waals surface area contributed by atoms with E-state index in [4.69, 9.17) is 4.74 Å². The van der Waals surface area contributed by atoms with Crippen molar-refractivity contribution in [3.8, 4) is 0 Å². The lowest BCUT2D eigenvalue weighted by molar-refractivity contribution is -0.146. The molecule has 0 bridgehead atoms. The van der Waals surface area contributed by atoms with Crippen molar-refractivity contribution in [1.29, 1.82) is 0 Å². The fraction of sp³-hybridized carbons (Fsp3) is 0.850. The second kappa shape index (κ2) is 7.68. The fourth-order valence-electron chi connectivity index (χ4n) is 4.47. The molecule has 0 aromatic rings. The van der Waals surface area contributed by atoms with Gasteiger partial charge in [-0.3, -0.25) is 9.59 Å². The summed E-state index contributed by atoms with van der Waals surface area (Å²) in [5.74, 6) is -0.163. The van der Waals surface area contributed by atoms with Gasteiger partial charge >= 0.3 is 12.1 Å². The minimum Gasteiger partial charge on any atom is -0.481 e.